The average Bonchev–Trinajstić information content (AvgIpc) is 2.95. The van der Waals surface area contributed by atoms with Gasteiger partial charge in [0.2, 0.25) is 10.0 Å². The van der Waals surface area contributed by atoms with Gasteiger partial charge in [0.25, 0.3) is 5.91 Å². The van der Waals surface area contributed by atoms with Gasteiger partial charge in [0.15, 0.2) is 5.78 Å². The van der Waals surface area contributed by atoms with E-state index in [0.717, 1.165) is 11.8 Å². The monoisotopic (exact) mass is 471 g/mol. The smallest absolute Gasteiger partial charge is 0.254 e. The van der Waals surface area contributed by atoms with Gasteiger partial charge >= 0.3 is 0 Å². The van der Waals surface area contributed by atoms with Crippen molar-refractivity contribution in [1.82, 2.24) is 9.80 Å². The maximum atomic E-state index is 12.5. The Kier molecular flexibility index (Phi) is 7.87. The lowest BCUT2D eigenvalue weighted by Crippen LogP contribution is -2.35. The Hall–Kier alpha value is -2.13. The molecule has 0 bridgehead atoms. The molecule has 30 heavy (non-hydrogen) atoms. The topological polar surface area (TPSA) is 86.8 Å². The Morgan fingerprint density at radius 1 is 1.20 bits per heavy atom. The van der Waals surface area contributed by atoms with Crippen molar-refractivity contribution < 1.29 is 18.0 Å². The zero-order chi connectivity index (χ0) is 21.2. The van der Waals surface area contributed by atoms with Gasteiger partial charge < -0.3 is 4.90 Å². The summed E-state index contributed by atoms with van der Waals surface area (Å²) in [6.07, 6.45) is 1.07. The second-order valence-corrected chi connectivity index (χ2v) is 9.33. The standard InChI is InChI=1S/C20H22ClN3O4S.ClH/c1-23(9-10-24-12-15-3-6-16(21)11-18(15)20(24)26)13-19(25)14-4-7-17(8-5-14)22-29(2,27)28;/h3-8,11,22H,9-10,12-13H2,1-2H3;1H. The lowest BCUT2D eigenvalue weighted by Gasteiger charge is -2.21. The van der Waals surface area contributed by atoms with Gasteiger partial charge in [-0.3, -0.25) is 19.2 Å². The average molecular weight is 472 g/mol. The highest BCUT2D eigenvalue weighted by molar-refractivity contribution is 7.92. The molecule has 0 atom stereocenters. The fraction of sp³-hybridized carbons (Fsp3) is 0.300. The molecule has 0 unspecified atom stereocenters. The van der Waals surface area contributed by atoms with E-state index in [1.807, 2.05) is 18.0 Å². The van der Waals surface area contributed by atoms with Crippen molar-refractivity contribution in [3.05, 3.63) is 64.2 Å². The number of hydrogen-bond donors (Lipinski definition) is 1. The van der Waals surface area contributed by atoms with E-state index in [9.17, 15) is 18.0 Å². The number of nitrogens with zero attached hydrogens (tertiary/aromatic N) is 2. The molecule has 0 saturated heterocycles. The summed E-state index contributed by atoms with van der Waals surface area (Å²) in [7, 11) is -1.53. The molecule has 0 saturated carbocycles. The Balaban J connectivity index is 0.00000320. The van der Waals surface area contributed by atoms with Crippen molar-refractivity contribution in [2.24, 2.45) is 0 Å². The largest absolute Gasteiger partial charge is 0.333 e. The number of sulfonamides is 1. The fourth-order valence-electron chi connectivity index (χ4n) is 3.16. The second-order valence-electron chi connectivity index (χ2n) is 7.14. The van der Waals surface area contributed by atoms with Crippen molar-refractivity contribution in [3.63, 3.8) is 0 Å². The van der Waals surface area contributed by atoms with Crippen molar-refractivity contribution in [1.29, 1.82) is 0 Å². The summed E-state index contributed by atoms with van der Waals surface area (Å²) in [5.41, 5.74) is 2.50. The quantitative estimate of drug-likeness (QED) is 0.598. The van der Waals surface area contributed by atoms with Crippen LogP contribution in [0.4, 0.5) is 5.69 Å². The Morgan fingerprint density at radius 3 is 2.50 bits per heavy atom. The summed E-state index contributed by atoms with van der Waals surface area (Å²) in [5.74, 6) is -0.127. The number of Topliss-reactive ketones (excluding diaryl/α,β-unsaturated/α-hetero) is 1. The number of hydrogen-bond acceptors (Lipinski definition) is 5. The Labute approximate surface area is 187 Å². The maximum absolute atomic E-state index is 12.5. The zero-order valence-electron chi connectivity index (χ0n) is 16.6. The van der Waals surface area contributed by atoms with Crippen LogP contribution in [-0.4, -0.2) is 62.8 Å². The number of amides is 1. The molecule has 0 fully saturated rings. The van der Waals surface area contributed by atoms with E-state index >= 15 is 0 Å². The number of fused-ring (bicyclic) bond motifs is 1. The first kappa shape index (κ1) is 24.1. The Morgan fingerprint density at radius 2 is 1.87 bits per heavy atom. The molecule has 1 heterocycles. The van der Waals surface area contributed by atoms with Crippen LogP contribution in [0.15, 0.2) is 42.5 Å². The molecule has 162 valence electrons. The molecular weight excluding hydrogens is 449 g/mol. The lowest BCUT2D eigenvalue weighted by atomic mass is 10.1. The summed E-state index contributed by atoms with van der Waals surface area (Å²) in [5, 5.41) is 0.541. The first-order chi connectivity index (χ1) is 13.6. The lowest BCUT2D eigenvalue weighted by molar-refractivity contribution is 0.0761. The van der Waals surface area contributed by atoms with Crippen LogP contribution in [0.1, 0.15) is 26.3 Å². The van der Waals surface area contributed by atoms with Crippen LogP contribution in [-0.2, 0) is 16.6 Å². The molecule has 1 N–H and O–H groups in total. The molecule has 1 aliphatic heterocycles. The maximum Gasteiger partial charge on any atom is 0.254 e. The van der Waals surface area contributed by atoms with Crippen molar-refractivity contribution in [2.45, 2.75) is 6.54 Å². The molecule has 1 aliphatic rings. The number of likely N-dealkylation sites (N-methyl/N-ethyl adjacent to an activating group) is 1. The van der Waals surface area contributed by atoms with E-state index in [4.69, 9.17) is 11.6 Å². The van der Waals surface area contributed by atoms with E-state index in [1.165, 1.54) is 0 Å². The third kappa shape index (κ3) is 6.18. The highest BCUT2D eigenvalue weighted by Gasteiger charge is 2.27. The molecule has 0 spiro atoms. The van der Waals surface area contributed by atoms with Crippen LogP contribution in [0.3, 0.4) is 0 Å². The van der Waals surface area contributed by atoms with Gasteiger partial charge in [-0.15, -0.1) is 12.4 Å². The number of carbonyl (C=O) groups excluding carboxylic acids is 2. The summed E-state index contributed by atoms with van der Waals surface area (Å²) < 4.78 is 24.8. The highest BCUT2D eigenvalue weighted by Crippen LogP contribution is 2.25. The van der Waals surface area contributed by atoms with Crippen LogP contribution in [0.2, 0.25) is 5.02 Å². The number of ketones is 1. The summed E-state index contributed by atoms with van der Waals surface area (Å²) in [6, 6.07) is 11.6. The minimum atomic E-state index is -3.35. The second kappa shape index (κ2) is 9.78. The van der Waals surface area contributed by atoms with Crippen LogP contribution in [0.25, 0.3) is 0 Å². The minimum Gasteiger partial charge on any atom is -0.333 e. The third-order valence-electron chi connectivity index (χ3n) is 4.63. The van der Waals surface area contributed by atoms with Gasteiger partial charge in [-0.05, 0) is 49.0 Å². The third-order valence-corrected chi connectivity index (χ3v) is 5.47. The number of rotatable bonds is 8. The van der Waals surface area contributed by atoms with Crippen LogP contribution in [0, 0.1) is 0 Å². The fourth-order valence-corrected chi connectivity index (χ4v) is 3.90. The van der Waals surface area contributed by atoms with Gasteiger partial charge in [0.05, 0.1) is 12.8 Å². The predicted octanol–water partition coefficient (Wildman–Crippen LogP) is 2.90. The number of nitrogens with one attached hydrogen (secondary N) is 1. The number of benzene rings is 2. The summed E-state index contributed by atoms with van der Waals surface area (Å²) >= 11 is 5.97. The van der Waals surface area contributed by atoms with Crippen molar-refractivity contribution in [2.75, 3.05) is 37.7 Å². The molecule has 0 radical (unpaired) electrons. The zero-order valence-corrected chi connectivity index (χ0v) is 19.0. The molecule has 0 aliphatic carbocycles. The SMILES string of the molecule is CN(CCN1Cc2ccc(Cl)cc2C1=O)CC(=O)c1ccc(NS(C)(=O)=O)cc1.Cl. The molecule has 3 rings (SSSR count). The minimum absolute atomic E-state index is 0. The molecule has 7 nitrogen and oxygen atoms in total. The number of halogens is 2. The molecule has 2 aromatic carbocycles. The molecule has 10 heteroatoms. The van der Waals surface area contributed by atoms with E-state index in [0.29, 0.717) is 41.5 Å². The van der Waals surface area contributed by atoms with Gasteiger partial charge in [0, 0.05) is 41.5 Å². The van der Waals surface area contributed by atoms with Crippen molar-refractivity contribution >= 4 is 51.4 Å². The number of carbonyl (C=O) groups is 2. The first-order valence-electron chi connectivity index (χ1n) is 9.00. The van der Waals surface area contributed by atoms with E-state index in [1.54, 1.807) is 41.3 Å². The normalized spacial score (nSPS) is 13.2. The summed E-state index contributed by atoms with van der Waals surface area (Å²) in [6.45, 7) is 1.79. The van der Waals surface area contributed by atoms with E-state index in [2.05, 4.69) is 4.72 Å². The molecule has 2 aromatic rings. The predicted molar refractivity (Wildman–Crippen MR) is 120 cm³/mol. The van der Waals surface area contributed by atoms with Gasteiger partial charge in [-0.2, -0.15) is 0 Å². The molecule has 1 amide bonds. The van der Waals surface area contributed by atoms with Crippen LogP contribution < -0.4 is 4.72 Å². The highest BCUT2D eigenvalue weighted by atomic mass is 35.5. The van der Waals surface area contributed by atoms with Crippen LogP contribution >= 0.6 is 24.0 Å². The number of anilines is 1. The van der Waals surface area contributed by atoms with Crippen LogP contribution in [0.5, 0.6) is 0 Å². The molecule has 0 aromatic heterocycles. The Bertz CT molecular complexity index is 1040. The van der Waals surface area contributed by atoms with Gasteiger partial charge in [-0.1, -0.05) is 17.7 Å². The van der Waals surface area contributed by atoms with E-state index < -0.39 is 10.0 Å². The van der Waals surface area contributed by atoms with Gasteiger partial charge in [-0.25, -0.2) is 8.42 Å². The van der Waals surface area contributed by atoms with E-state index in [-0.39, 0.29) is 30.6 Å². The summed E-state index contributed by atoms with van der Waals surface area (Å²) in [4.78, 5) is 28.5. The first-order valence-corrected chi connectivity index (χ1v) is 11.3. The van der Waals surface area contributed by atoms with Gasteiger partial charge in [0.1, 0.15) is 0 Å². The van der Waals surface area contributed by atoms with Crippen molar-refractivity contribution in [3.8, 4) is 0 Å². The molecular formula is C20H23Cl2N3O4S.